The average Bonchev–Trinajstić information content (AvgIpc) is 2.81. The van der Waals surface area contributed by atoms with Gasteiger partial charge in [0.15, 0.2) is 0 Å². The largest absolute Gasteiger partial charge is 0.493 e. The molecule has 1 N–H and O–H groups in total. The van der Waals surface area contributed by atoms with Crippen molar-refractivity contribution >= 4 is 0 Å². The number of hydrogen-bond acceptors (Lipinski definition) is 3. The second kappa shape index (κ2) is 6.03. The first-order chi connectivity index (χ1) is 8.29. The van der Waals surface area contributed by atoms with Crippen LogP contribution in [-0.4, -0.2) is 38.2 Å². The standard InChI is InChI=1S/C14H22N2O/c1-3-16(2)8-7-15-11-12-4-5-14-13(10-12)6-9-17-14/h4-5,10,15H,3,6-9,11H2,1-2H3. The summed E-state index contributed by atoms with van der Waals surface area (Å²) in [6.45, 7) is 7.22. The van der Waals surface area contributed by atoms with Crippen LogP contribution in [0.15, 0.2) is 18.2 Å². The van der Waals surface area contributed by atoms with E-state index in [1.807, 2.05) is 0 Å². The van der Waals surface area contributed by atoms with Crippen molar-refractivity contribution < 1.29 is 4.74 Å². The lowest BCUT2D eigenvalue weighted by Crippen LogP contribution is -2.28. The third-order valence-electron chi connectivity index (χ3n) is 3.29. The summed E-state index contributed by atoms with van der Waals surface area (Å²) in [5, 5.41) is 3.48. The molecule has 0 amide bonds. The van der Waals surface area contributed by atoms with E-state index in [4.69, 9.17) is 4.74 Å². The van der Waals surface area contributed by atoms with E-state index in [-0.39, 0.29) is 0 Å². The summed E-state index contributed by atoms with van der Waals surface area (Å²) in [7, 11) is 2.15. The molecule has 0 atom stereocenters. The minimum Gasteiger partial charge on any atom is -0.493 e. The first-order valence-electron chi connectivity index (χ1n) is 6.43. The number of hydrogen-bond donors (Lipinski definition) is 1. The van der Waals surface area contributed by atoms with Crippen molar-refractivity contribution in [3.63, 3.8) is 0 Å². The van der Waals surface area contributed by atoms with Gasteiger partial charge in [-0.25, -0.2) is 0 Å². The van der Waals surface area contributed by atoms with Gasteiger partial charge in [0.05, 0.1) is 6.61 Å². The van der Waals surface area contributed by atoms with Crippen LogP contribution in [0.1, 0.15) is 18.1 Å². The van der Waals surface area contributed by atoms with Gasteiger partial charge in [-0.1, -0.05) is 19.1 Å². The molecule has 0 aliphatic carbocycles. The number of nitrogens with one attached hydrogen (secondary N) is 1. The molecule has 0 fully saturated rings. The first-order valence-corrected chi connectivity index (χ1v) is 6.43. The van der Waals surface area contributed by atoms with Gasteiger partial charge in [0, 0.05) is 26.1 Å². The zero-order valence-corrected chi connectivity index (χ0v) is 10.8. The molecular formula is C14H22N2O. The minimum absolute atomic E-state index is 0.841. The molecule has 0 unspecified atom stereocenters. The maximum atomic E-state index is 5.50. The van der Waals surface area contributed by atoms with E-state index >= 15 is 0 Å². The number of nitrogens with zero attached hydrogens (tertiary/aromatic N) is 1. The Kier molecular flexibility index (Phi) is 4.40. The first kappa shape index (κ1) is 12.4. The summed E-state index contributed by atoms with van der Waals surface area (Å²) in [5.74, 6) is 1.07. The molecule has 94 valence electrons. The van der Waals surface area contributed by atoms with Crippen LogP contribution in [-0.2, 0) is 13.0 Å². The van der Waals surface area contributed by atoms with Crippen molar-refractivity contribution in [1.29, 1.82) is 0 Å². The summed E-state index contributed by atoms with van der Waals surface area (Å²) >= 11 is 0. The lowest BCUT2D eigenvalue weighted by Gasteiger charge is -2.14. The Balaban J connectivity index is 1.76. The Morgan fingerprint density at radius 3 is 3.12 bits per heavy atom. The van der Waals surface area contributed by atoms with Gasteiger partial charge in [0.25, 0.3) is 0 Å². The summed E-state index contributed by atoms with van der Waals surface area (Å²) in [6, 6.07) is 6.51. The highest BCUT2D eigenvalue weighted by Gasteiger charge is 2.11. The Bertz CT molecular complexity index is 365. The van der Waals surface area contributed by atoms with E-state index in [1.165, 1.54) is 11.1 Å². The van der Waals surface area contributed by atoms with Gasteiger partial charge < -0.3 is 15.0 Å². The maximum Gasteiger partial charge on any atom is 0.122 e. The normalized spacial score (nSPS) is 13.8. The molecule has 17 heavy (non-hydrogen) atoms. The lowest BCUT2D eigenvalue weighted by atomic mass is 10.1. The van der Waals surface area contributed by atoms with Crippen molar-refractivity contribution in [3.05, 3.63) is 29.3 Å². The quantitative estimate of drug-likeness (QED) is 0.758. The molecule has 0 aromatic heterocycles. The summed E-state index contributed by atoms with van der Waals surface area (Å²) < 4.78 is 5.50. The molecule has 0 saturated heterocycles. The predicted molar refractivity (Wildman–Crippen MR) is 70.5 cm³/mol. The van der Waals surface area contributed by atoms with Crippen molar-refractivity contribution in [2.24, 2.45) is 0 Å². The van der Waals surface area contributed by atoms with Crippen molar-refractivity contribution in [2.75, 3.05) is 33.3 Å². The molecule has 1 aromatic carbocycles. The van der Waals surface area contributed by atoms with Crippen LogP contribution >= 0.6 is 0 Å². The van der Waals surface area contributed by atoms with Crippen LogP contribution in [0.4, 0.5) is 0 Å². The molecule has 1 aliphatic heterocycles. The highest BCUT2D eigenvalue weighted by atomic mass is 16.5. The molecule has 2 rings (SSSR count). The molecule has 3 heteroatoms. The third kappa shape index (κ3) is 3.45. The highest BCUT2D eigenvalue weighted by Crippen LogP contribution is 2.25. The second-order valence-electron chi connectivity index (χ2n) is 4.61. The van der Waals surface area contributed by atoms with Crippen molar-refractivity contribution in [2.45, 2.75) is 19.9 Å². The fourth-order valence-corrected chi connectivity index (χ4v) is 2.01. The number of rotatable bonds is 6. The number of benzene rings is 1. The maximum absolute atomic E-state index is 5.50. The van der Waals surface area contributed by atoms with Gasteiger partial charge in [-0.3, -0.25) is 0 Å². The molecule has 1 heterocycles. The number of ether oxygens (including phenoxy) is 1. The van der Waals surface area contributed by atoms with Crippen LogP contribution in [0.2, 0.25) is 0 Å². The van der Waals surface area contributed by atoms with Crippen LogP contribution in [0.3, 0.4) is 0 Å². The smallest absolute Gasteiger partial charge is 0.122 e. The van der Waals surface area contributed by atoms with Gasteiger partial charge >= 0.3 is 0 Å². The Morgan fingerprint density at radius 1 is 1.41 bits per heavy atom. The predicted octanol–water partition coefficient (Wildman–Crippen LogP) is 1.66. The molecule has 0 radical (unpaired) electrons. The molecule has 1 aliphatic rings. The minimum atomic E-state index is 0.841. The van der Waals surface area contributed by atoms with Crippen LogP contribution in [0.25, 0.3) is 0 Å². The van der Waals surface area contributed by atoms with Crippen LogP contribution in [0, 0.1) is 0 Å². The summed E-state index contributed by atoms with van der Waals surface area (Å²) in [4.78, 5) is 2.31. The van der Waals surface area contributed by atoms with Gasteiger partial charge in [0.1, 0.15) is 5.75 Å². The topological polar surface area (TPSA) is 24.5 Å². The van der Waals surface area contributed by atoms with Gasteiger partial charge in [-0.15, -0.1) is 0 Å². The van der Waals surface area contributed by atoms with E-state index in [2.05, 4.69) is 42.4 Å². The fraction of sp³-hybridized carbons (Fsp3) is 0.571. The lowest BCUT2D eigenvalue weighted by molar-refractivity contribution is 0.349. The Hall–Kier alpha value is -1.06. The molecule has 0 saturated carbocycles. The molecule has 0 spiro atoms. The molecule has 3 nitrogen and oxygen atoms in total. The SMILES string of the molecule is CCN(C)CCNCc1ccc2c(c1)CCO2. The fourth-order valence-electron chi connectivity index (χ4n) is 2.01. The van der Waals surface area contributed by atoms with Crippen LogP contribution in [0.5, 0.6) is 5.75 Å². The van der Waals surface area contributed by atoms with Crippen molar-refractivity contribution in [3.8, 4) is 5.75 Å². The zero-order valence-electron chi connectivity index (χ0n) is 10.8. The van der Waals surface area contributed by atoms with E-state index in [9.17, 15) is 0 Å². The Morgan fingerprint density at radius 2 is 2.29 bits per heavy atom. The molecule has 0 bridgehead atoms. The molecular weight excluding hydrogens is 212 g/mol. The second-order valence-corrected chi connectivity index (χ2v) is 4.61. The Labute approximate surface area is 104 Å². The number of fused-ring (bicyclic) bond motifs is 1. The number of likely N-dealkylation sites (N-methyl/N-ethyl adjacent to an activating group) is 1. The summed E-state index contributed by atoms with van der Waals surface area (Å²) in [6.07, 6.45) is 1.06. The van der Waals surface area contributed by atoms with E-state index in [0.29, 0.717) is 0 Å². The van der Waals surface area contributed by atoms with E-state index < -0.39 is 0 Å². The summed E-state index contributed by atoms with van der Waals surface area (Å²) in [5.41, 5.74) is 2.71. The van der Waals surface area contributed by atoms with Gasteiger partial charge in [-0.05, 0) is 30.8 Å². The van der Waals surface area contributed by atoms with E-state index in [0.717, 1.165) is 45.0 Å². The van der Waals surface area contributed by atoms with Crippen LogP contribution < -0.4 is 10.1 Å². The zero-order chi connectivity index (χ0) is 12.1. The third-order valence-corrected chi connectivity index (χ3v) is 3.29. The van der Waals surface area contributed by atoms with E-state index in [1.54, 1.807) is 0 Å². The highest BCUT2D eigenvalue weighted by molar-refractivity contribution is 5.39. The molecule has 1 aromatic rings. The van der Waals surface area contributed by atoms with Gasteiger partial charge in [-0.2, -0.15) is 0 Å². The van der Waals surface area contributed by atoms with Gasteiger partial charge in [0.2, 0.25) is 0 Å². The monoisotopic (exact) mass is 234 g/mol. The van der Waals surface area contributed by atoms with Crippen molar-refractivity contribution in [1.82, 2.24) is 10.2 Å². The average molecular weight is 234 g/mol.